The molecular weight excluding hydrogens is 348 g/mol. The van der Waals surface area contributed by atoms with Gasteiger partial charge in [0.2, 0.25) is 0 Å². The molecule has 0 aliphatic carbocycles. The summed E-state index contributed by atoms with van der Waals surface area (Å²) >= 11 is 0. The first-order valence-electron chi connectivity index (χ1n) is 8.40. The molecule has 0 aromatic heterocycles. The van der Waals surface area contributed by atoms with Gasteiger partial charge in [0, 0.05) is 5.56 Å². The van der Waals surface area contributed by atoms with Gasteiger partial charge >= 0.3 is 0 Å². The number of carbonyl (C=O) groups excluding carboxylic acids is 2. The number of ether oxygens (including phenoxy) is 3. The Morgan fingerprint density at radius 1 is 1.19 bits per heavy atom. The van der Waals surface area contributed by atoms with Crippen molar-refractivity contribution < 1.29 is 23.8 Å². The summed E-state index contributed by atoms with van der Waals surface area (Å²) in [5.74, 6) is 0.802. The smallest absolute Gasteiger partial charge is 0.251 e. The first-order chi connectivity index (χ1) is 12.9. The Morgan fingerprint density at radius 3 is 2.37 bits per heavy atom. The zero-order valence-electron chi connectivity index (χ0n) is 16.4. The van der Waals surface area contributed by atoms with Crippen LogP contribution in [0.1, 0.15) is 30.6 Å². The van der Waals surface area contributed by atoms with Crippen LogP contribution in [0.25, 0.3) is 0 Å². The average molecular weight is 374 g/mol. The van der Waals surface area contributed by atoms with Gasteiger partial charge in [-0.25, -0.2) is 4.99 Å². The fourth-order valence-electron chi connectivity index (χ4n) is 2.22. The summed E-state index contributed by atoms with van der Waals surface area (Å²) in [7, 11) is 4.53. The lowest BCUT2D eigenvalue weighted by molar-refractivity contribution is -0.112. The molecule has 146 valence electrons. The van der Waals surface area contributed by atoms with Crippen LogP contribution in [-0.2, 0) is 9.53 Å². The number of hydrogen-bond acceptors (Lipinski definition) is 6. The number of Topliss-reactive ketones (excluding diaryl/α,β-unsaturated/α-hetero) is 1. The van der Waals surface area contributed by atoms with E-state index >= 15 is 0 Å². The molecule has 0 saturated heterocycles. The number of nitrogens with one attached hydrogen (secondary N) is 1. The SMILES string of the molecule is C=C/C(=N\C(CC)=C(/C)OC)C(=O)CNC(=O)c1ccc(OC)c(OC)c1. The van der Waals surface area contributed by atoms with E-state index < -0.39 is 5.91 Å². The summed E-state index contributed by atoms with van der Waals surface area (Å²) in [4.78, 5) is 29.0. The minimum atomic E-state index is -0.410. The van der Waals surface area contributed by atoms with Gasteiger partial charge in [-0.15, -0.1) is 0 Å². The molecule has 0 atom stereocenters. The molecule has 1 rings (SSSR count). The summed E-state index contributed by atoms with van der Waals surface area (Å²) in [6.45, 7) is 7.09. The van der Waals surface area contributed by atoms with Crippen molar-refractivity contribution in [2.45, 2.75) is 20.3 Å². The van der Waals surface area contributed by atoms with Crippen molar-refractivity contribution in [3.63, 3.8) is 0 Å². The molecule has 1 aromatic rings. The highest BCUT2D eigenvalue weighted by Gasteiger charge is 2.14. The number of amides is 1. The van der Waals surface area contributed by atoms with Crippen LogP contribution in [0.5, 0.6) is 11.5 Å². The van der Waals surface area contributed by atoms with E-state index in [0.29, 0.717) is 34.9 Å². The summed E-state index contributed by atoms with van der Waals surface area (Å²) in [5, 5.41) is 2.58. The Hall–Kier alpha value is -3.09. The van der Waals surface area contributed by atoms with Crippen molar-refractivity contribution in [3.8, 4) is 11.5 Å². The van der Waals surface area contributed by atoms with E-state index in [0.717, 1.165) is 0 Å². The van der Waals surface area contributed by atoms with Crippen LogP contribution >= 0.6 is 0 Å². The number of hydrogen-bond donors (Lipinski definition) is 1. The second kappa shape index (κ2) is 10.8. The predicted octanol–water partition coefficient (Wildman–Crippen LogP) is 2.92. The number of nitrogens with zero attached hydrogens (tertiary/aromatic N) is 1. The van der Waals surface area contributed by atoms with Crippen LogP contribution in [0.3, 0.4) is 0 Å². The molecule has 0 spiro atoms. The van der Waals surface area contributed by atoms with Gasteiger partial charge in [-0.1, -0.05) is 13.5 Å². The van der Waals surface area contributed by atoms with Gasteiger partial charge in [0.05, 0.1) is 33.6 Å². The second-order valence-corrected chi connectivity index (χ2v) is 5.44. The molecule has 7 heteroatoms. The number of allylic oxidation sites excluding steroid dienone is 3. The number of ketones is 1. The monoisotopic (exact) mass is 374 g/mol. The fourth-order valence-corrected chi connectivity index (χ4v) is 2.22. The van der Waals surface area contributed by atoms with Gasteiger partial charge in [-0.3, -0.25) is 9.59 Å². The first kappa shape index (κ1) is 22.0. The standard InChI is InChI=1S/C20H26N2O5/c1-7-15(13(3)25-4)22-16(8-2)17(23)12-21-20(24)14-9-10-18(26-5)19(11-14)27-6/h8-11H,2,7,12H2,1,3-6H3,(H,21,24)/b15-13+,22-16+. The van der Waals surface area contributed by atoms with E-state index in [-0.39, 0.29) is 18.0 Å². The van der Waals surface area contributed by atoms with E-state index in [1.807, 2.05) is 6.92 Å². The lowest BCUT2D eigenvalue weighted by atomic mass is 10.1. The van der Waals surface area contributed by atoms with Crippen molar-refractivity contribution >= 4 is 17.4 Å². The first-order valence-corrected chi connectivity index (χ1v) is 8.40. The predicted molar refractivity (Wildman–Crippen MR) is 105 cm³/mol. The normalized spacial score (nSPS) is 12.0. The van der Waals surface area contributed by atoms with Crippen LogP contribution in [0, 0.1) is 0 Å². The van der Waals surface area contributed by atoms with E-state index in [1.54, 1.807) is 32.2 Å². The number of benzene rings is 1. The number of carbonyl (C=O) groups is 2. The molecular formula is C20H26N2O5. The molecule has 7 nitrogen and oxygen atoms in total. The van der Waals surface area contributed by atoms with Crippen LogP contribution in [0.15, 0.2) is 47.3 Å². The minimum absolute atomic E-state index is 0.163. The molecule has 1 amide bonds. The van der Waals surface area contributed by atoms with E-state index in [1.165, 1.54) is 20.3 Å². The van der Waals surface area contributed by atoms with Gasteiger partial charge in [0.1, 0.15) is 11.5 Å². The number of aliphatic imine (C=N–C) groups is 1. The largest absolute Gasteiger partial charge is 0.500 e. The molecule has 1 N–H and O–H groups in total. The third kappa shape index (κ3) is 5.99. The molecule has 0 aliphatic heterocycles. The maximum atomic E-state index is 12.4. The molecule has 0 aliphatic rings. The van der Waals surface area contributed by atoms with E-state index in [2.05, 4.69) is 16.9 Å². The van der Waals surface area contributed by atoms with Crippen LogP contribution in [0.2, 0.25) is 0 Å². The topological polar surface area (TPSA) is 86.2 Å². The van der Waals surface area contributed by atoms with Crippen molar-refractivity contribution in [3.05, 3.63) is 47.9 Å². The highest BCUT2D eigenvalue weighted by molar-refractivity contribution is 6.45. The highest BCUT2D eigenvalue weighted by Crippen LogP contribution is 2.27. The summed E-state index contributed by atoms with van der Waals surface area (Å²) in [6, 6.07) is 4.75. The lowest BCUT2D eigenvalue weighted by Gasteiger charge is -2.10. The Labute approximate surface area is 159 Å². The quantitative estimate of drug-likeness (QED) is 0.503. The fraction of sp³-hybridized carbons (Fsp3) is 0.350. The Kier molecular flexibility index (Phi) is 8.78. The molecule has 0 radical (unpaired) electrons. The van der Waals surface area contributed by atoms with Gasteiger partial charge < -0.3 is 19.5 Å². The molecule has 0 saturated carbocycles. The third-order valence-electron chi connectivity index (χ3n) is 3.84. The summed E-state index contributed by atoms with van der Waals surface area (Å²) < 4.78 is 15.5. The second-order valence-electron chi connectivity index (χ2n) is 5.44. The van der Waals surface area contributed by atoms with E-state index in [4.69, 9.17) is 14.2 Å². The van der Waals surface area contributed by atoms with Crippen molar-refractivity contribution in [1.29, 1.82) is 0 Å². The van der Waals surface area contributed by atoms with Crippen molar-refractivity contribution in [2.75, 3.05) is 27.9 Å². The number of methoxy groups -OCH3 is 3. The Balaban J connectivity index is 2.88. The lowest BCUT2D eigenvalue weighted by Crippen LogP contribution is -2.32. The summed E-state index contributed by atoms with van der Waals surface area (Å²) in [6.07, 6.45) is 1.96. The number of rotatable bonds is 10. The van der Waals surface area contributed by atoms with Crippen molar-refractivity contribution in [1.82, 2.24) is 5.32 Å². The summed E-state index contributed by atoms with van der Waals surface area (Å²) in [5.41, 5.74) is 1.16. The van der Waals surface area contributed by atoms with Gasteiger partial charge in [0.25, 0.3) is 5.91 Å². The third-order valence-corrected chi connectivity index (χ3v) is 3.84. The zero-order valence-corrected chi connectivity index (χ0v) is 16.4. The van der Waals surface area contributed by atoms with Crippen molar-refractivity contribution in [2.24, 2.45) is 4.99 Å². The van der Waals surface area contributed by atoms with Crippen LogP contribution in [0.4, 0.5) is 0 Å². The van der Waals surface area contributed by atoms with Gasteiger partial charge in [-0.2, -0.15) is 0 Å². The molecule has 0 unspecified atom stereocenters. The van der Waals surface area contributed by atoms with E-state index in [9.17, 15) is 9.59 Å². The average Bonchev–Trinajstić information content (AvgIpc) is 2.71. The van der Waals surface area contributed by atoms with Gasteiger partial charge in [0.15, 0.2) is 17.3 Å². The Bertz CT molecular complexity index is 766. The maximum Gasteiger partial charge on any atom is 0.251 e. The maximum absolute atomic E-state index is 12.4. The minimum Gasteiger partial charge on any atom is -0.500 e. The zero-order chi connectivity index (χ0) is 20.4. The molecule has 0 heterocycles. The molecule has 1 aromatic carbocycles. The Morgan fingerprint density at radius 2 is 1.85 bits per heavy atom. The van der Waals surface area contributed by atoms with Gasteiger partial charge in [-0.05, 0) is 37.6 Å². The molecule has 0 fully saturated rings. The van der Waals surface area contributed by atoms with Crippen LogP contribution in [-0.4, -0.2) is 45.3 Å². The van der Waals surface area contributed by atoms with Crippen LogP contribution < -0.4 is 14.8 Å². The molecule has 0 bridgehead atoms. The highest BCUT2D eigenvalue weighted by atomic mass is 16.5. The molecule has 27 heavy (non-hydrogen) atoms.